The molecule has 3 aliphatic rings. The van der Waals surface area contributed by atoms with E-state index in [0.29, 0.717) is 29.3 Å². The Balaban J connectivity index is 1.44. The van der Waals surface area contributed by atoms with Gasteiger partial charge < -0.3 is 9.64 Å². The van der Waals surface area contributed by atoms with E-state index in [0.717, 1.165) is 62.0 Å². The van der Waals surface area contributed by atoms with Gasteiger partial charge in [-0.15, -0.1) is 11.3 Å². The SMILES string of the molecule is C[C@@H]1C[C@@H](C)CN(C(=O)CSc2nc3sc4c(c3c(=O)n2C[C@H]2CCCO2)CCCC4)C1. The maximum Gasteiger partial charge on any atom is 0.263 e. The predicted molar refractivity (Wildman–Crippen MR) is 130 cm³/mol. The molecule has 174 valence electrons. The fourth-order valence-corrected chi connectivity index (χ4v) is 7.78. The first-order chi connectivity index (χ1) is 15.5. The average molecular weight is 476 g/mol. The summed E-state index contributed by atoms with van der Waals surface area (Å²) in [5.74, 6) is 1.56. The van der Waals surface area contributed by atoms with Crippen LogP contribution in [0, 0.1) is 11.8 Å². The van der Waals surface area contributed by atoms with E-state index in [1.54, 1.807) is 15.9 Å². The van der Waals surface area contributed by atoms with Crippen molar-refractivity contribution >= 4 is 39.2 Å². The molecule has 1 amide bonds. The summed E-state index contributed by atoms with van der Waals surface area (Å²) < 4.78 is 7.65. The highest BCUT2D eigenvalue weighted by atomic mass is 32.2. The maximum atomic E-state index is 13.7. The number of rotatable bonds is 5. The van der Waals surface area contributed by atoms with Crippen molar-refractivity contribution in [3.05, 3.63) is 20.8 Å². The predicted octanol–water partition coefficient (Wildman–Crippen LogP) is 4.11. The normalized spacial score (nSPS) is 25.9. The summed E-state index contributed by atoms with van der Waals surface area (Å²) in [5.41, 5.74) is 1.28. The molecule has 2 fully saturated rings. The van der Waals surface area contributed by atoms with Crippen LogP contribution in [-0.2, 0) is 28.9 Å². The number of aryl methyl sites for hydroxylation is 2. The Hall–Kier alpha value is -1.38. The third-order valence-corrected chi connectivity index (χ3v) is 9.14. The number of nitrogens with zero attached hydrogens (tertiary/aromatic N) is 3. The second-order valence-corrected chi connectivity index (χ2v) is 11.9. The molecular formula is C24H33N3O3S2. The van der Waals surface area contributed by atoms with Gasteiger partial charge in [0.2, 0.25) is 5.91 Å². The van der Waals surface area contributed by atoms with Crippen LogP contribution in [0.1, 0.15) is 56.4 Å². The van der Waals surface area contributed by atoms with Crippen molar-refractivity contribution in [2.24, 2.45) is 11.8 Å². The summed E-state index contributed by atoms with van der Waals surface area (Å²) in [6.07, 6.45) is 7.60. The molecule has 0 N–H and O–H groups in total. The van der Waals surface area contributed by atoms with E-state index >= 15 is 0 Å². The van der Waals surface area contributed by atoms with Crippen molar-refractivity contribution < 1.29 is 9.53 Å². The standard InChI is InChI=1S/C24H33N3O3S2/c1-15-10-16(2)12-26(11-15)20(28)14-31-24-25-22-21(18-7-3-4-8-19(18)32-22)23(29)27(24)13-17-6-5-9-30-17/h15-17H,3-14H2,1-2H3/t15-,16-,17-/m1/s1. The summed E-state index contributed by atoms with van der Waals surface area (Å²) in [5, 5.41) is 1.49. The molecular weight excluding hydrogens is 442 g/mol. The lowest BCUT2D eigenvalue weighted by molar-refractivity contribution is -0.130. The zero-order valence-electron chi connectivity index (χ0n) is 19.1. The van der Waals surface area contributed by atoms with E-state index in [-0.39, 0.29) is 17.6 Å². The van der Waals surface area contributed by atoms with Gasteiger partial charge in [0.05, 0.1) is 23.8 Å². The fraction of sp³-hybridized carbons (Fsp3) is 0.708. The molecule has 0 radical (unpaired) electrons. The first-order valence-corrected chi connectivity index (χ1v) is 13.9. The number of carbonyl (C=O) groups excluding carboxylic acids is 1. The van der Waals surface area contributed by atoms with Gasteiger partial charge in [-0.2, -0.15) is 0 Å². The van der Waals surface area contributed by atoms with Crippen LogP contribution >= 0.6 is 23.1 Å². The highest BCUT2D eigenvalue weighted by molar-refractivity contribution is 7.99. The fourth-order valence-electron chi connectivity index (χ4n) is 5.57. The van der Waals surface area contributed by atoms with Crippen molar-refractivity contribution in [1.29, 1.82) is 0 Å². The van der Waals surface area contributed by atoms with E-state index in [1.165, 1.54) is 35.0 Å². The summed E-state index contributed by atoms with van der Waals surface area (Å²) >= 11 is 3.10. The minimum atomic E-state index is 0.0556. The molecule has 0 bridgehead atoms. The topological polar surface area (TPSA) is 64.4 Å². The molecule has 1 aliphatic carbocycles. The Morgan fingerprint density at radius 2 is 1.97 bits per heavy atom. The number of piperidine rings is 1. The number of likely N-dealkylation sites (tertiary alicyclic amines) is 1. The van der Waals surface area contributed by atoms with Gasteiger partial charge in [0.15, 0.2) is 5.16 Å². The molecule has 2 aromatic rings. The maximum absolute atomic E-state index is 13.7. The molecule has 0 spiro atoms. The van der Waals surface area contributed by atoms with Gasteiger partial charge in [-0.3, -0.25) is 14.2 Å². The van der Waals surface area contributed by atoms with Crippen molar-refractivity contribution in [1.82, 2.24) is 14.5 Å². The summed E-state index contributed by atoms with van der Waals surface area (Å²) in [6.45, 7) is 7.38. The second-order valence-electron chi connectivity index (χ2n) is 9.87. The van der Waals surface area contributed by atoms with Crippen LogP contribution in [0.3, 0.4) is 0 Å². The molecule has 32 heavy (non-hydrogen) atoms. The number of aromatic nitrogens is 2. The van der Waals surface area contributed by atoms with Crippen molar-refractivity contribution in [3.8, 4) is 0 Å². The quantitative estimate of drug-likeness (QED) is 0.481. The zero-order chi connectivity index (χ0) is 22.2. The Bertz CT molecular complexity index is 1050. The van der Waals surface area contributed by atoms with Crippen LogP contribution in [-0.4, -0.2) is 51.9 Å². The lowest BCUT2D eigenvalue weighted by atomic mass is 9.92. The highest BCUT2D eigenvalue weighted by Gasteiger charge is 2.28. The summed E-state index contributed by atoms with van der Waals surface area (Å²) in [6, 6.07) is 0. The van der Waals surface area contributed by atoms with Crippen LogP contribution in [0.25, 0.3) is 10.2 Å². The average Bonchev–Trinajstić information content (AvgIpc) is 3.41. The number of carbonyl (C=O) groups is 1. The number of thiophene rings is 1. The third kappa shape index (κ3) is 4.50. The highest BCUT2D eigenvalue weighted by Crippen LogP contribution is 2.35. The summed E-state index contributed by atoms with van der Waals surface area (Å²) in [7, 11) is 0. The minimum absolute atomic E-state index is 0.0556. The lowest BCUT2D eigenvalue weighted by Gasteiger charge is -2.35. The van der Waals surface area contributed by atoms with Gasteiger partial charge in [-0.1, -0.05) is 25.6 Å². The van der Waals surface area contributed by atoms with Gasteiger partial charge in [-0.05, 0) is 62.3 Å². The lowest BCUT2D eigenvalue weighted by Crippen LogP contribution is -2.43. The Kier molecular flexibility index (Phi) is 6.63. The zero-order valence-corrected chi connectivity index (χ0v) is 20.7. The Labute approximate surface area is 197 Å². The van der Waals surface area contributed by atoms with Crippen LogP contribution < -0.4 is 5.56 Å². The van der Waals surface area contributed by atoms with Crippen LogP contribution in [0.4, 0.5) is 0 Å². The molecule has 2 aliphatic heterocycles. The van der Waals surface area contributed by atoms with Crippen LogP contribution in [0.15, 0.2) is 9.95 Å². The van der Waals surface area contributed by atoms with Crippen LogP contribution in [0.2, 0.25) is 0 Å². The smallest absolute Gasteiger partial charge is 0.263 e. The van der Waals surface area contributed by atoms with Gasteiger partial charge in [0.25, 0.3) is 5.56 Å². The van der Waals surface area contributed by atoms with E-state index in [2.05, 4.69) is 13.8 Å². The van der Waals surface area contributed by atoms with E-state index in [4.69, 9.17) is 9.72 Å². The second kappa shape index (κ2) is 9.47. The number of hydrogen-bond donors (Lipinski definition) is 0. The van der Waals surface area contributed by atoms with Gasteiger partial charge in [-0.25, -0.2) is 4.98 Å². The van der Waals surface area contributed by atoms with Gasteiger partial charge in [0, 0.05) is 24.6 Å². The Morgan fingerprint density at radius 3 is 2.72 bits per heavy atom. The van der Waals surface area contributed by atoms with Crippen molar-refractivity contribution in [2.75, 3.05) is 25.4 Å². The molecule has 6 nitrogen and oxygen atoms in total. The molecule has 0 saturated carbocycles. The molecule has 0 unspecified atom stereocenters. The molecule has 3 atom stereocenters. The van der Waals surface area contributed by atoms with Crippen molar-refractivity contribution in [3.63, 3.8) is 0 Å². The molecule has 2 aromatic heterocycles. The van der Waals surface area contributed by atoms with Gasteiger partial charge >= 0.3 is 0 Å². The number of thioether (sulfide) groups is 1. The number of amides is 1. The molecule has 0 aromatic carbocycles. The Morgan fingerprint density at radius 1 is 1.19 bits per heavy atom. The van der Waals surface area contributed by atoms with Crippen molar-refractivity contribution in [2.45, 2.75) is 76.6 Å². The molecule has 2 saturated heterocycles. The number of hydrogen-bond acceptors (Lipinski definition) is 6. The number of fused-ring (bicyclic) bond motifs is 3. The largest absolute Gasteiger partial charge is 0.376 e. The number of ether oxygens (including phenoxy) is 1. The molecule has 8 heteroatoms. The van der Waals surface area contributed by atoms with Gasteiger partial charge in [0.1, 0.15) is 4.83 Å². The van der Waals surface area contributed by atoms with E-state index < -0.39 is 0 Å². The van der Waals surface area contributed by atoms with Crippen LogP contribution in [0.5, 0.6) is 0 Å². The first kappa shape index (κ1) is 22.4. The monoisotopic (exact) mass is 475 g/mol. The first-order valence-electron chi connectivity index (χ1n) is 12.1. The van der Waals surface area contributed by atoms with E-state index in [1.807, 2.05) is 4.90 Å². The molecule has 5 rings (SSSR count). The molecule has 4 heterocycles. The third-order valence-electron chi connectivity index (χ3n) is 7.00. The summed E-state index contributed by atoms with van der Waals surface area (Å²) in [4.78, 5) is 35.8. The minimum Gasteiger partial charge on any atom is -0.376 e. The van der Waals surface area contributed by atoms with E-state index in [9.17, 15) is 9.59 Å².